The molecule has 0 aliphatic heterocycles. The summed E-state index contributed by atoms with van der Waals surface area (Å²) in [4.78, 5) is 4.78. The Bertz CT molecular complexity index is 1210. The highest BCUT2D eigenvalue weighted by Crippen LogP contribution is 2.50. The van der Waals surface area contributed by atoms with E-state index in [1.54, 1.807) is 0 Å². The molecule has 0 bridgehead atoms. The third-order valence-electron chi connectivity index (χ3n) is 6.86. The summed E-state index contributed by atoms with van der Waals surface area (Å²) in [5.74, 6) is -0.656. The molecule has 1 N–H and O–H groups in total. The van der Waals surface area contributed by atoms with Crippen molar-refractivity contribution in [3.05, 3.63) is 88.0 Å². The number of hydrogen-bond donors (Lipinski definition) is 1. The van der Waals surface area contributed by atoms with Crippen LogP contribution in [0.3, 0.4) is 0 Å². The van der Waals surface area contributed by atoms with Crippen LogP contribution in [0, 0.1) is 11.2 Å². The van der Waals surface area contributed by atoms with Crippen molar-refractivity contribution in [1.82, 2.24) is 4.98 Å². The number of nitrogens with zero attached hydrogens (tertiary/aromatic N) is 1. The average Bonchev–Trinajstić information content (AvgIpc) is 2.80. The molecule has 3 aromatic rings. The summed E-state index contributed by atoms with van der Waals surface area (Å²) in [5.41, 5.74) is 1.49. The Hall–Kier alpha value is -2.80. The van der Waals surface area contributed by atoms with Crippen molar-refractivity contribution in [3.63, 3.8) is 0 Å². The van der Waals surface area contributed by atoms with Gasteiger partial charge in [-0.15, -0.1) is 0 Å². The van der Waals surface area contributed by atoms with Crippen LogP contribution in [0.5, 0.6) is 0 Å². The first-order valence-corrected chi connectivity index (χ1v) is 11.6. The zero-order valence-electron chi connectivity index (χ0n) is 20.0. The van der Waals surface area contributed by atoms with Crippen LogP contribution in [0.1, 0.15) is 86.0 Å². The molecule has 2 unspecified atom stereocenters. The van der Waals surface area contributed by atoms with Gasteiger partial charge in [-0.1, -0.05) is 52.0 Å². The van der Waals surface area contributed by atoms with Gasteiger partial charge in [0.15, 0.2) is 6.17 Å². The zero-order valence-corrected chi connectivity index (χ0v) is 20.0. The number of halogens is 5. The molecular formula is C28H28F5NO. The van der Waals surface area contributed by atoms with Crippen molar-refractivity contribution >= 4 is 0 Å². The van der Waals surface area contributed by atoms with Crippen LogP contribution in [0.4, 0.5) is 22.0 Å². The minimum Gasteiger partial charge on any atom is -0.388 e. The summed E-state index contributed by atoms with van der Waals surface area (Å²) < 4.78 is 69.4. The molecule has 2 atom stereocenters. The quantitative estimate of drug-likeness (QED) is 0.376. The van der Waals surface area contributed by atoms with E-state index in [2.05, 4.69) is 0 Å². The van der Waals surface area contributed by atoms with Gasteiger partial charge in [-0.2, -0.15) is 13.2 Å². The fourth-order valence-electron chi connectivity index (χ4n) is 4.77. The molecule has 1 aliphatic rings. The van der Waals surface area contributed by atoms with Crippen LogP contribution in [0.15, 0.2) is 48.5 Å². The van der Waals surface area contributed by atoms with Gasteiger partial charge >= 0.3 is 6.18 Å². The topological polar surface area (TPSA) is 33.1 Å². The van der Waals surface area contributed by atoms with Gasteiger partial charge in [-0.25, -0.2) is 8.78 Å². The van der Waals surface area contributed by atoms with Gasteiger partial charge in [0.05, 0.1) is 17.4 Å². The molecule has 7 heteroatoms. The van der Waals surface area contributed by atoms with E-state index in [9.17, 15) is 22.7 Å². The summed E-state index contributed by atoms with van der Waals surface area (Å²) in [7, 11) is 0. The van der Waals surface area contributed by atoms with Gasteiger partial charge in [0, 0.05) is 16.8 Å². The van der Waals surface area contributed by atoms with Crippen LogP contribution in [-0.2, 0) is 12.6 Å². The van der Waals surface area contributed by atoms with Crippen LogP contribution < -0.4 is 0 Å². The highest BCUT2D eigenvalue weighted by Gasteiger charge is 2.40. The summed E-state index contributed by atoms with van der Waals surface area (Å²) in [5, 5.41) is 11.4. The molecule has 35 heavy (non-hydrogen) atoms. The van der Waals surface area contributed by atoms with Gasteiger partial charge < -0.3 is 5.11 Å². The number of aryl methyl sites for hydroxylation is 1. The Labute approximate surface area is 201 Å². The minimum absolute atomic E-state index is 0.0505. The van der Waals surface area contributed by atoms with Gasteiger partial charge in [0.2, 0.25) is 0 Å². The summed E-state index contributed by atoms with van der Waals surface area (Å²) in [6, 6.07) is 9.59. The third-order valence-corrected chi connectivity index (χ3v) is 6.86. The van der Waals surface area contributed by atoms with Crippen molar-refractivity contribution in [3.8, 4) is 11.1 Å². The summed E-state index contributed by atoms with van der Waals surface area (Å²) in [6.45, 7) is 7.59. The van der Waals surface area contributed by atoms with Crippen molar-refractivity contribution in [2.45, 2.75) is 64.9 Å². The number of pyridine rings is 1. The molecule has 0 radical (unpaired) electrons. The molecular weight excluding hydrogens is 461 g/mol. The highest BCUT2D eigenvalue weighted by molar-refractivity contribution is 5.75. The largest absolute Gasteiger partial charge is 0.416 e. The van der Waals surface area contributed by atoms with E-state index in [4.69, 9.17) is 4.98 Å². The monoisotopic (exact) mass is 489 g/mol. The minimum atomic E-state index is -4.53. The first-order chi connectivity index (χ1) is 16.3. The third kappa shape index (κ3) is 4.70. The number of fused-ring (bicyclic) bond motifs is 1. The molecule has 0 saturated carbocycles. The molecule has 4 rings (SSSR count). The van der Waals surface area contributed by atoms with Crippen molar-refractivity contribution in [2.24, 2.45) is 5.41 Å². The molecule has 0 spiro atoms. The van der Waals surface area contributed by atoms with Gasteiger partial charge in [0.25, 0.3) is 0 Å². The van der Waals surface area contributed by atoms with Crippen molar-refractivity contribution in [2.75, 3.05) is 0 Å². The molecule has 2 aromatic carbocycles. The number of aliphatic hydroxyl groups excluding tert-OH is 1. The molecule has 0 fully saturated rings. The van der Waals surface area contributed by atoms with E-state index in [1.807, 2.05) is 27.7 Å². The van der Waals surface area contributed by atoms with E-state index in [0.717, 1.165) is 24.3 Å². The molecule has 186 valence electrons. The van der Waals surface area contributed by atoms with Gasteiger partial charge in [-0.05, 0) is 65.1 Å². The predicted molar refractivity (Wildman–Crippen MR) is 125 cm³/mol. The summed E-state index contributed by atoms with van der Waals surface area (Å²) in [6.07, 6.45) is -6.00. The van der Waals surface area contributed by atoms with Crippen LogP contribution in [0.2, 0.25) is 0 Å². The second-order valence-electron chi connectivity index (χ2n) is 10.2. The van der Waals surface area contributed by atoms with Crippen LogP contribution >= 0.6 is 0 Å². The average molecular weight is 490 g/mol. The van der Waals surface area contributed by atoms with E-state index < -0.39 is 35.2 Å². The second-order valence-corrected chi connectivity index (χ2v) is 10.2. The number of aliphatic hydroxyl groups is 1. The number of rotatable bonds is 4. The SMILES string of the molecule is CC(C)c1nc2c(c(-c3ccc(F)cc3)c1C(F)c1ccc(C(F)(F)F)cc1)C(O)C(C)(C)CC2. The van der Waals surface area contributed by atoms with E-state index in [0.29, 0.717) is 40.9 Å². The standard InChI is InChI=1S/C28H28F5NO/c1-15(2)25-23(24(30)17-5-9-18(10-6-17)28(31,32)33)21(16-7-11-19(29)12-8-16)22-20(34-25)13-14-27(3,4)26(22)35/h5-12,15,24,26,35H,13-14H2,1-4H3. The molecule has 0 saturated heterocycles. The Morgan fingerprint density at radius 1 is 1.00 bits per heavy atom. The maximum atomic E-state index is 16.4. The number of benzene rings is 2. The number of aromatic nitrogens is 1. The Balaban J connectivity index is 2.01. The lowest BCUT2D eigenvalue weighted by Crippen LogP contribution is -2.30. The molecule has 1 aromatic heterocycles. The highest BCUT2D eigenvalue weighted by atomic mass is 19.4. The maximum absolute atomic E-state index is 16.4. The molecule has 1 aliphatic carbocycles. The van der Waals surface area contributed by atoms with Gasteiger partial charge in [-0.3, -0.25) is 4.98 Å². The second kappa shape index (κ2) is 9.01. The van der Waals surface area contributed by atoms with E-state index >= 15 is 4.39 Å². The Kier molecular flexibility index (Phi) is 6.51. The predicted octanol–water partition coefficient (Wildman–Crippen LogP) is 8.09. The zero-order chi connectivity index (χ0) is 25.7. The van der Waals surface area contributed by atoms with Crippen LogP contribution in [-0.4, -0.2) is 10.1 Å². The molecule has 2 nitrogen and oxygen atoms in total. The fraction of sp³-hybridized carbons (Fsp3) is 0.393. The van der Waals surface area contributed by atoms with E-state index in [-0.39, 0.29) is 17.0 Å². The van der Waals surface area contributed by atoms with E-state index in [1.165, 1.54) is 24.3 Å². The van der Waals surface area contributed by atoms with Gasteiger partial charge in [0.1, 0.15) is 5.82 Å². The Morgan fingerprint density at radius 3 is 2.14 bits per heavy atom. The lowest BCUT2D eigenvalue weighted by atomic mass is 9.70. The maximum Gasteiger partial charge on any atom is 0.416 e. The van der Waals surface area contributed by atoms with Crippen molar-refractivity contribution < 1.29 is 27.1 Å². The lowest BCUT2D eigenvalue weighted by molar-refractivity contribution is -0.137. The molecule has 1 heterocycles. The first-order valence-electron chi connectivity index (χ1n) is 11.6. The smallest absolute Gasteiger partial charge is 0.388 e. The molecule has 0 amide bonds. The number of hydrogen-bond acceptors (Lipinski definition) is 2. The Morgan fingerprint density at radius 2 is 1.60 bits per heavy atom. The number of alkyl halides is 4. The summed E-state index contributed by atoms with van der Waals surface area (Å²) >= 11 is 0. The first kappa shape index (κ1) is 25.3. The normalized spacial score (nSPS) is 18.4. The fourth-order valence-corrected chi connectivity index (χ4v) is 4.77. The van der Waals surface area contributed by atoms with Crippen LogP contribution in [0.25, 0.3) is 11.1 Å². The van der Waals surface area contributed by atoms with Crippen molar-refractivity contribution in [1.29, 1.82) is 0 Å². The lowest BCUT2D eigenvalue weighted by Gasteiger charge is -2.39.